The molecule has 1 aliphatic heterocycles. The number of amides is 1. The van der Waals surface area contributed by atoms with Gasteiger partial charge in [0, 0.05) is 11.5 Å². The van der Waals surface area contributed by atoms with Crippen LogP contribution in [0.25, 0.3) is 0 Å². The molecule has 0 aromatic heterocycles. The largest absolute Gasteiger partial charge is 0.489 e. The average molecular weight is 308 g/mol. The normalized spacial score (nSPS) is 19.3. The highest BCUT2D eigenvalue weighted by Gasteiger charge is 2.26. The topological polar surface area (TPSA) is 55.6 Å². The first-order valence-electron chi connectivity index (χ1n) is 4.55. The second-order valence-corrected chi connectivity index (χ2v) is 4.34. The number of anilines is 1. The number of halogens is 2. The van der Waals surface area contributed by atoms with Gasteiger partial charge in [0.1, 0.15) is 18.4 Å². The summed E-state index contributed by atoms with van der Waals surface area (Å²) >= 11 is 3.35. The summed E-state index contributed by atoms with van der Waals surface area (Å²) in [5.74, 6) is 0.546. The second kappa shape index (κ2) is 5.03. The molecule has 2 rings (SSSR count). The van der Waals surface area contributed by atoms with Crippen molar-refractivity contribution in [2.45, 2.75) is 6.04 Å². The van der Waals surface area contributed by atoms with Gasteiger partial charge in [-0.15, -0.1) is 12.4 Å². The van der Waals surface area contributed by atoms with Gasteiger partial charge >= 0.3 is 0 Å². The third kappa shape index (κ3) is 2.31. The summed E-state index contributed by atoms with van der Waals surface area (Å²) in [6.07, 6.45) is 0. The quantitative estimate of drug-likeness (QED) is 0.791. The van der Waals surface area contributed by atoms with E-state index < -0.39 is 6.04 Å². The molecule has 0 spiro atoms. The van der Waals surface area contributed by atoms with Crippen molar-refractivity contribution in [2.75, 3.05) is 18.6 Å². The lowest BCUT2D eigenvalue weighted by molar-refractivity contribution is -0.119. The lowest BCUT2D eigenvalue weighted by Gasteiger charge is -2.17. The SMILES string of the molecule is CN1C(=O)[C@@H](N)COc2cc(Br)ccc21.Cl. The second-order valence-electron chi connectivity index (χ2n) is 3.43. The Bertz CT molecular complexity index is 414. The standard InChI is InChI=1S/C10H11BrN2O2.ClH/c1-13-8-3-2-6(11)4-9(8)15-5-7(12)10(13)14;/h2-4,7H,5,12H2,1H3;1H/t7-;/m0./s1. The van der Waals surface area contributed by atoms with Crippen LogP contribution >= 0.6 is 28.3 Å². The molecule has 6 heteroatoms. The summed E-state index contributed by atoms with van der Waals surface area (Å²) in [5.41, 5.74) is 6.40. The third-order valence-electron chi connectivity index (χ3n) is 2.35. The molecule has 4 nitrogen and oxygen atoms in total. The zero-order chi connectivity index (χ0) is 11.0. The van der Waals surface area contributed by atoms with Crippen molar-refractivity contribution < 1.29 is 9.53 Å². The molecule has 0 unspecified atom stereocenters. The molecule has 16 heavy (non-hydrogen) atoms. The first-order valence-corrected chi connectivity index (χ1v) is 5.34. The fourth-order valence-electron chi connectivity index (χ4n) is 1.50. The van der Waals surface area contributed by atoms with Crippen LogP contribution in [-0.4, -0.2) is 25.6 Å². The van der Waals surface area contributed by atoms with Gasteiger partial charge in [0.2, 0.25) is 5.91 Å². The molecular weight excluding hydrogens is 295 g/mol. The molecule has 1 aromatic carbocycles. The first kappa shape index (κ1) is 13.3. The molecule has 0 radical (unpaired) electrons. The van der Waals surface area contributed by atoms with Crippen LogP contribution in [0.5, 0.6) is 5.75 Å². The minimum Gasteiger partial charge on any atom is -0.489 e. The highest BCUT2D eigenvalue weighted by Crippen LogP contribution is 2.32. The van der Waals surface area contributed by atoms with Crippen molar-refractivity contribution in [2.24, 2.45) is 5.73 Å². The van der Waals surface area contributed by atoms with Crippen LogP contribution in [0.15, 0.2) is 22.7 Å². The number of nitrogens with zero attached hydrogens (tertiary/aromatic N) is 1. The number of carbonyl (C=O) groups is 1. The van der Waals surface area contributed by atoms with E-state index in [1.54, 1.807) is 7.05 Å². The summed E-state index contributed by atoms with van der Waals surface area (Å²) < 4.78 is 6.38. The number of rotatable bonds is 0. The van der Waals surface area contributed by atoms with E-state index in [1.807, 2.05) is 18.2 Å². The van der Waals surface area contributed by atoms with Gasteiger partial charge in [0.25, 0.3) is 0 Å². The van der Waals surface area contributed by atoms with Crippen LogP contribution in [0.4, 0.5) is 5.69 Å². The van der Waals surface area contributed by atoms with Gasteiger partial charge in [-0.2, -0.15) is 0 Å². The van der Waals surface area contributed by atoms with Crippen LogP contribution in [0.1, 0.15) is 0 Å². The highest BCUT2D eigenvalue weighted by molar-refractivity contribution is 9.10. The van der Waals surface area contributed by atoms with Crippen molar-refractivity contribution in [1.29, 1.82) is 0 Å². The molecule has 2 N–H and O–H groups in total. The zero-order valence-electron chi connectivity index (χ0n) is 8.64. The number of ether oxygens (including phenoxy) is 1. The smallest absolute Gasteiger partial charge is 0.247 e. The fraction of sp³-hybridized carbons (Fsp3) is 0.300. The lowest BCUT2D eigenvalue weighted by Crippen LogP contribution is -2.43. The molecule has 1 atom stereocenters. The Hall–Kier alpha value is -0.780. The van der Waals surface area contributed by atoms with E-state index >= 15 is 0 Å². The number of carbonyl (C=O) groups excluding carboxylic acids is 1. The Morgan fingerprint density at radius 2 is 2.25 bits per heavy atom. The predicted molar refractivity (Wildman–Crippen MR) is 68.3 cm³/mol. The van der Waals surface area contributed by atoms with Crippen LogP contribution in [0, 0.1) is 0 Å². The first-order chi connectivity index (χ1) is 7.09. The predicted octanol–water partition coefficient (Wildman–Crippen LogP) is 1.55. The van der Waals surface area contributed by atoms with Crippen molar-refractivity contribution in [1.82, 2.24) is 0 Å². The van der Waals surface area contributed by atoms with Gasteiger partial charge in [-0.3, -0.25) is 4.79 Å². The zero-order valence-corrected chi connectivity index (χ0v) is 11.0. The molecule has 88 valence electrons. The molecule has 1 heterocycles. The summed E-state index contributed by atoms with van der Waals surface area (Å²) in [4.78, 5) is 13.2. The van der Waals surface area contributed by atoms with E-state index in [1.165, 1.54) is 4.90 Å². The van der Waals surface area contributed by atoms with Crippen LogP contribution < -0.4 is 15.4 Å². The fourth-order valence-corrected chi connectivity index (χ4v) is 1.84. The van der Waals surface area contributed by atoms with Gasteiger partial charge in [0.15, 0.2) is 0 Å². The van der Waals surface area contributed by atoms with Crippen molar-refractivity contribution in [3.63, 3.8) is 0 Å². The van der Waals surface area contributed by atoms with Gasteiger partial charge in [-0.1, -0.05) is 15.9 Å². The summed E-state index contributed by atoms with van der Waals surface area (Å²) in [6, 6.07) is 4.93. The number of fused-ring (bicyclic) bond motifs is 1. The summed E-state index contributed by atoms with van der Waals surface area (Å²) in [6.45, 7) is 0.215. The van der Waals surface area contributed by atoms with E-state index in [0.29, 0.717) is 5.75 Å². The maximum atomic E-state index is 11.7. The van der Waals surface area contributed by atoms with Crippen molar-refractivity contribution in [3.05, 3.63) is 22.7 Å². The van der Waals surface area contributed by atoms with Gasteiger partial charge < -0.3 is 15.4 Å². The van der Waals surface area contributed by atoms with Crippen LogP contribution in [0.2, 0.25) is 0 Å². The molecule has 0 saturated heterocycles. The Morgan fingerprint density at radius 3 is 2.94 bits per heavy atom. The molecule has 0 fully saturated rings. The van der Waals surface area contributed by atoms with E-state index in [2.05, 4.69) is 15.9 Å². The molecular formula is C10H12BrClN2O2. The minimum atomic E-state index is -0.596. The van der Waals surface area contributed by atoms with E-state index in [4.69, 9.17) is 10.5 Å². The molecule has 1 aliphatic rings. The van der Waals surface area contributed by atoms with E-state index in [-0.39, 0.29) is 24.9 Å². The number of hydrogen-bond acceptors (Lipinski definition) is 3. The van der Waals surface area contributed by atoms with E-state index in [9.17, 15) is 4.79 Å². The average Bonchev–Trinajstić information content (AvgIpc) is 2.32. The Balaban J connectivity index is 0.00000128. The lowest BCUT2D eigenvalue weighted by atomic mass is 10.2. The van der Waals surface area contributed by atoms with Crippen molar-refractivity contribution >= 4 is 39.9 Å². The number of nitrogens with two attached hydrogens (primary N) is 1. The number of benzene rings is 1. The maximum absolute atomic E-state index is 11.7. The highest BCUT2D eigenvalue weighted by atomic mass is 79.9. The van der Waals surface area contributed by atoms with Gasteiger partial charge in [0.05, 0.1) is 5.69 Å². The third-order valence-corrected chi connectivity index (χ3v) is 2.84. The van der Waals surface area contributed by atoms with Crippen LogP contribution in [-0.2, 0) is 4.79 Å². The van der Waals surface area contributed by atoms with Gasteiger partial charge in [-0.25, -0.2) is 0 Å². The maximum Gasteiger partial charge on any atom is 0.247 e. The van der Waals surface area contributed by atoms with Gasteiger partial charge in [-0.05, 0) is 18.2 Å². The molecule has 0 bridgehead atoms. The number of hydrogen-bond donors (Lipinski definition) is 1. The monoisotopic (exact) mass is 306 g/mol. The molecule has 1 amide bonds. The van der Waals surface area contributed by atoms with E-state index in [0.717, 1.165) is 10.2 Å². The van der Waals surface area contributed by atoms with Crippen LogP contribution in [0.3, 0.4) is 0 Å². The summed E-state index contributed by atoms with van der Waals surface area (Å²) in [7, 11) is 1.70. The van der Waals surface area contributed by atoms with Crippen molar-refractivity contribution in [3.8, 4) is 5.75 Å². The molecule has 1 aromatic rings. The summed E-state index contributed by atoms with van der Waals surface area (Å²) in [5, 5.41) is 0. The Labute approximate surface area is 108 Å². The molecule has 0 aliphatic carbocycles. The minimum absolute atomic E-state index is 0. The molecule has 0 saturated carbocycles. The Kier molecular flexibility index (Phi) is 4.18. The number of likely N-dealkylation sites (N-methyl/N-ethyl adjacent to an activating group) is 1. The Morgan fingerprint density at radius 1 is 1.56 bits per heavy atom.